The Morgan fingerprint density at radius 1 is 0.939 bits per heavy atom. The fraction of sp³-hybridized carbons (Fsp3) is 0.222. The second-order valence-electron chi connectivity index (χ2n) is 8.50. The molecule has 0 N–H and O–H groups in total. The zero-order valence-electron chi connectivity index (χ0n) is 18.9. The van der Waals surface area contributed by atoms with E-state index in [1.807, 2.05) is 67.3 Å². The van der Waals surface area contributed by atoms with Gasteiger partial charge in [-0.25, -0.2) is 4.68 Å². The fourth-order valence-electron chi connectivity index (χ4n) is 4.09. The molecule has 1 aliphatic carbocycles. The summed E-state index contributed by atoms with van der Waals surface area (Å²) < 4.78 is 7.78. The lowest BCUT2D eigenvalue weighted by molar-refractivity contribution is 0.0994. The van der Waals surface area contributed by atoms with Crippen LogP contribution in [0.15, 0.2) is 73.1 Å². The Morgan fingerprint density at radius 3 is 2.48 bits per heavy atom. The molecule has 0 bridgehead atoms. The summed E-state index contributed by atoms with van der Waals surface area (Å²) in [5, 5.41) is 4.95. The van der Waals surface area contributed by atoms with Crippen LogP contribution in [0.3, 0.4) is 0 Å². The molecule has 0 radical (unpaired) electrons. The topological polar surface area (TPSA) is 60.2 Å². The first-order valence-corrected chi connectivity index (χ1v) is 11.1. The van der Waals surface area contributed by atoms with Crippen molar-refractivity contribution in [2.75, 3.05) is 27.2 Å². The molecule has 0 atom stereocenters. The molecular weight excluding hydrogens is 412 g/mol. The summed E-state index contributed by atoms with van der Waals surface area (Å²) in [6.07, 6.45) is 4.94. The zero-order valence-corrected chi connectivity index (χ0v) is 18.9. The monoisotopic (exact) mass is 438 g/mol. The minimum Gasteiger partial charge on any atom is -0.492 e. The number of ketones is 1. The first-order valence-electron chi connectivity index (χ1n) is 11.1. The molecule has 0 aliphatic heterocycles. The van der Waals surface area contributed by atoms with Crippen LogP contribution in [0.4, 0.5) is 0 Å². The Labute approximate surface area is 193 Å². The highest BCUT2D eigenvalue weighted by molar-refractivity contribution is 6.00. The number of ether oxygens (including phenoxy) is 1. The first kappa shape index (κ1) is 21.1. The minimum absolute atomic E-state index is 0.222. The second-order valence-corrected chi connectivity index (χ2v) is 8.50. The second kappa shape index (κ2) is 9.00. The SMILES string of the molecule is CN(C)CCOc1ccc(-c2cc(-c3ccncc3)n(-c3ccc4c(c3)CCC4=O)n2)cc1. The van der Waals surface area contributed by atoms with Gasteiger partial charge in [0.25, 0.3) is 0 Å². The lowest BCUT2D eigenvalue weighted by Crippen LogP contribution is -2.19. The number of aryl methyl sites for hydroxylation is 1. The van der Waals surface area contributed by atoms with E-state index >= 15 is 0 Å². The quantitative estimate of drug-likeness (QED) is 0.420. The smallest absolute Gasteiger partial charge is 0.163 e. The van der Waals surface area contributed by atoms with E-state index in [9.17, 15) is 4.79 Å². The average molecular weight is 439 g/mol. The third-order valence-electron chi connectivity index (χ3n) is 5.90. The van der Waals surface area contributed by atoms with Crippen LogP contribution in [0, 0.1) is 0 Å². The van der Waals surface area contributed by atoms with Gasteiger partial charge in [-0.05, 0) is 86.7 Å². The third-order valence-corrected chi connectivity index (χ3v) is 5.90. The molecule has 2 aromatic heterocycles. The first-order chi connectivity index (χ1) is 16.1. The van der Waals surface area contributed by atoms with Gasteiger partial charge in [-0.3, -0.25) is 9.78 Å². The van der Waals surface area contributed by atoms with Crippen molar-refractivity contribution < 1.29 is 9.53 Å². The van der Waals surface area contributed by atoms with Gasteiger partial charge in [0, 0.05) is 42.0 Å². The summed E-state index contributed by atoms with van der Waals surface area (Å²) >= 11 is 0. The van der Waals surface area contributed by atoms with Gasteiger partial charge in [0.15, 0.2) is 5.78 Å². The number of rotatable bonds is 7. The summed E-state index contributed by atoms with van der Waals surface area (Å²) in [5.74, 6) is 1.07. The van der Waals surface area contributed by atoms with Crippen molar-refractivity contribution in [1.82, 2.24) is 19.7 Å². The van der Waals surface area contributed by atoms with Crippen molar-refractivity contribution in [1.29, 1.82) is 0 Å². The fourth-order valence-corrected chi connectivity index (χ4v) is 4.09. The number of carbonyl (C=O) groups excluding carboxylic acids is 1. The number of hydrogen-bond acceptors (Lipinski definition) is 5. The number of Topliss-reactive ketones (excluding diaryl/α,β-unsaturated/α-hetero) is 1. The Morgan fingerprint density at radius 2 is 1.73 bits per heavy atom. The number of pyridine rings is 1. The van der Waals surface area contributed by atoms with Crippen LogP contribution >= 0.6 is 0 Å². The number of nitrogens with zero attached hydrogens (tertiary/aromatic N) is 4. The van der Waals surface area contributed by atoms with Gasteiger partial charge in [-0.1, -0.05) is 0 Å². The molecule has 4 aromatic rings. The maximum atomic E-state index is 12.1. The van der Waals surface area contributed by atoms with Crippen LogP contribution in [0.25, 0.3) is 28.2 Å². The maximum absolute atomic E-state index is 12.1. The van der Waals surface area contributed by atoms with Crippen LogP contribution in [0.1, 0.15) is 22.3 Å². The van der Waals surface area contributed by atoms with Gasteiger partial charge in [-0.15, -0.1) is 0 Å². The van der Waals surface area contributed by atoms with E-state index in [1.54, 1.807) is 12.4 Å². The minimum atomic E-state index is 0.222. The van der Waals surface area contributed by atoms with Crippen molar-refractivity contribution in [3.8, 4) is 34.0 Å². The summed E-state index contributed by atoms with van der Waals surface area (Å²) in [6, 6.07) is 20.1. The highest BCUT2D eigenvalue weighted by Gasteiger charge is 2.21. The molecule has 0 unspecified atom stereocenters. The summed E-state index contributed by atoms with van der Waals surface area (Å²) in [7, 11) is 4.06. The van der Waals surface area contributed by atoms with Crippen LogP contribution in [0.2, 0.25) is 0 Å². The molecule has 0 saturated heterocycles. The molecule has 6 heteroatoms. The van der Waals surface area contributed by atoms with Crippen molar-refractivity contribution >= 4 is 5.78 Å². The van der Waals surface area contributed by atoms with E-state index in [0.717, 1.165) is 58.0 Å². The molecule has 5 rings (SSSR count). The Hall–Kier alpha value is -3.77. The van der Waals surface area contributed by atoms with Gasteiger partial charge in [0.2, 0.25) is 0 Å². The largest absolute Gasteiger partial charge is 0.492 e. The zero-order chi connectivity index (χ0) is 22.8. The molecule has 2 heterocycles. The summed E-state index contributed by atoms with van der Waals surface area (Å²) in [5.41, 5.74) is 6.77. The highest BCUT2D eigenvalue weighted by Crippen LogP contribution is 2.31. The van der Waals surface area contributed by atoms with Crippen molar-refractivity contribution in [2.24, 2.45) is 0 Å². The van der Waals surface area contributed by atoms with Gasteiger partial charge in [-0.2, -0.15) is 5.10 Å². The Balaban J connectivity index is 1.50. The molecule has 0 amide bonds. The number of carbonyl (C=O) groups is 1. The number of benzene rings is 2. The van der Waals surface area contributed by atoms with Gasteiger partial charge in [0.05, 0.1) is 17.1 Å². The lowest BCUT2D eigenvalue weighted by atomic mass is 10.1. The molecule has 166 valence electrons. The van der Waals surface area contributed by atoms with E-state index in [-0.39, 0.29) is 5.78 Å². The summed E-state index contributed by atoms with van der Waals surface area (Å²) in [4.78, 5) is 18.3. The van der Waals surface area contributed by atoms with E-state index < -0.39 is 0 Å². The number of aromatic nitrogens is 3. The van der Waals surface area contributed by atoms with Crippen LogP contribution in [-0.4, -0.2) is 52.7 Å². The third kappa shape index (κ3) is 4.43. The van der Waals surface area contributed by atoms with Crippen LogP contribution in [0.5, 0.6) is 5.75 Å². The number of fused-ring (bicyclic) bond motifs is 1. The molecule has 6 nitrogen and oxygen atoms in total. The molecule has 33 heavy (non-hydrogen) atoms. The molecule has 1 aliphatic rings. The van der Waals surface area contributed by atoms with Crippen molar-refractivity contribution in [3.63, 3.8) is 0 Å². The van der Waals surface area contributed by atoms with E-state index in [2.05, 4.69) is 22.0 Å². The van der Waals surface area contributed by atoms with Crippen molar-refractivity contribution in [3.05, 3.63) is 84.2 Å². The highest BCUT2D eigenvalue weighted by atomic mass is 16.5. The predicted octanol–water partition coefficient (Wildman–Crippen LogP) is 4.67. The van der Waals surface area contributed by atoms with E-state index in [0.29, 0.717) is 13.0 Å². The Bertz CT molecular complexity index is 1280. The summed E-state index contributed by atoms with van der Waals surface area (Å²) in [6.45, 7) is 1.52. The molecule has 0 spiro atoms. The predicted molar refractivity (Wildman–Crippen MR) is 129 cm³/mol. The van der Waals surface area contributed by atoms with E-state index in [4.69, 9.17) is 9.84 Å². The van der Waals surface area contributed by atoms with Gasteiger partial charge < -0.3 is 9.64 Å². The standard InChI is InChI=1S/C27H26N4O2/c1-30(2)15-16-33-23-7-3-19(4-8-23)25-18-26(20-11-13-28-14-12-20)31(29-25)22-6-9-24-21(17-22)5-10-27(24)32/h3-4,6-9,11-14,17-18H,5,10,15-16H2,1-2H3. The molecule has 0 fully saturated rings. The molecular formula is C27H26N4O2. The van der Waals surface area contributed by atoms with Crippen LogP contribution < -0.4 is 4.74 Å². The average Bonchev–Trinajstić information content (AvgIpc) is 3.44. The normalized spacial score (nSPS) is 12.9. The van der Waals surface area contributed by atoms with E-state index in [1.165, 1.54) is 0 Å². The van der Waals surface area contributed by atoms with Gasteiger partial charge >= 0.3 is 0 Å². The van der Waals surface area contributed by atoms with Crippen molar-refractivity contribution in [2.45, 2.75) is 12.8 Å². The number of likely N-dealkylation sites (N-methyl/N-ethyl adjacent to an activating group) is 1. The van der Waals surface area contributed by atoms with Gasteiger partial charge in [0.1, 0.15) is 12.4 Å². The lowest BCUT2D eigenvalue weighted by Gasteiger charge is -2.11. The van der Waals surface area contributed by atoms with Crippen LogP contribution in [-0.2, 0) is 6.42 Å². The number of hydrogen-bond donors (Lipinski definition) is 0. The molecule has 2 aromatic carbocycles. The molecule has 0 saturated carbocycles. The Kier molecular flexibility index (Phi) is 5.75. The maximum Gasteiger partial charge on any atom is 0.163 e.